The minimum absolute atomic E-state index is 0.0713. The van der Waals surface area contributed by atoms with E-state index in [1.165, 1.54) is 5.56 Å². The fraction of sp³-hybridized carbons (Fsp3) is 0.290. The normalized spacial score (nSPS) is 15.3. The third-order valence-corrected chi connectivity index (χ3v) is 7.36. The van der Waals surface area contributed by atoms with Gasteiger partial charge in [0, 0.05) is 69.8 Å². The number of nitrogens with zero attached hydrogens (tertiary/aromatic N) is 4. The number of carbonyl (C=O) groups is 2. The van der Waals surface area contributed by atoms with Crippen LogP contribution in [0.3, 0.4) is 0 Å². The molecule has 0 radical (unpaired) electrons. The minimum Gasteiger partial charge on any atom is -0.361 e. The molecule has 0 spiro atoms. The standard InChI is InChI=1S/C31H35N5O2/c1-33(22-25-10-4-2-5-11-25)31(38)30(20-27-21-32-29-15-9-8-14-28(27)29)36(24-37)35-18-16-34(17-19-35)23-26-12-6-3-7-13-26/h2-15,21,24,30,32H,16-20,22-23H2,1H3/t30-/m0/s1. The van der Waals surface area contributed by atoms with Crippen LogP contribution in [0.5, 0.6) is 0 Å². The molecule has 7 heteroatoms. The zero-order valence-corrected chi connectivity index (χ0v) is 21.9. The van der Waals surface area contributed by atoms with Crippen molar-refractivity contribution in [3.8, 4) is 0 Å². The number of amides is 2. The Morgan fingerprint density at radius 1 is 0.895 bits per heavy atom. The second kappa shape index (κ2) is 12.1. The van der Waals surface area contributed by atoms with Crippen molar-refractivity contribution in [3.05, 3.63) is 108 Å². The topological polar surface area (TPSA) is 62.9 Å². The average molecular weight is 510 g/mol. The Bertz CT molecular complexity index is 1330. The first-order chi connectivity index (χ1) is 18.6. The van der Waals surface area contributed by atoms with E-state index < -0.39 is 6.04 Å². The lowest BCUT2D eigenvalue weighted by Crippen LogP contribution is -2.59. The number of rotatable bonds is 10. The van der Waals surface area contributed by atoms with Gasteiger partial charge >= 0.3 is 0 Å². The van der Waals surface area contributed by atoms with Crippen LogP contribution < -0.4 is 0 Å². The number of para-hydroxylation sites is 1. The summed E-state index contributed by atoms with van der Waals surface area (Å²) in [6.45, 7) is 4.40. The van der Waals surface area contributed by atoms with Crippen molar-refractivity contribution in [1.82, 2.24) is 24.8 Å². The molecule has 1 atom stereocenters. The fourth-order valence-corrected chi connectivity index (χ4v) is 5.30. The van der Waals surface area contributed by atoms with Gasteiger partial charge < -0.3 is 9.88 Å². The van der Waals surface area contributed by atoms with E-state index in [9.17, 15) is 9.59 Å². The van der Waals surface area contributed by atoms with Crippen LogP contribution in [0.4, 0.5) is 0 Å². The van der Waals surface area contributed by atoms with E-state index in [1.54, 1.807) is 9.91 Å². The lowest BCUT2D eigenvalue weighted by Gasteiger charge is -2.43. The van der Waals surface area contributed by atoms with Crippen LogP contribution in [0.2, 0.25) is 0 Å². The van der Waals surface area contributed by atoms with Crippen molar-refractivity contribution in [1.29, 1.82) is 0 Å². The number of nitrogens with one attached hydrogen (secondary N) is 1. The van der Waals surface area contributed by atoms with Crippen LogP contribution >= 0.6 is 0 Å². The molecule has 38 heavy (non-hydrogen) atoms. The predicted molar refractivity (Wildman–Crippen MR) is 150 cm³/mol. The Hall–Kier alpha value is -3.94. The molecule has 4 aromatic rings. The van der Waals surface area contributed by atoms with Gasteiger partial charge in [-0.25, -0.2) is 5.01 Å². The summed E-state index contributed by atoms with van der Waals surface area (Å²) >= 11 is 0. The van der Waals surface area contributed by atoms with E-state index in [4.69, 9.17) is 0 Å². The Labute approximate surface area is 224 Å². The monoisotopic (exact) mass is 509 g/mol. The molecule has 0 unspecified atom stereocenters. The number of aromatic amines is 1. The summed E-state index contributed by atoms with van der Waals surface area (Å²) < 4.78 is 0. The van der Waals surface area contributed by atoms with Crippen molar-refractivity contribution < 1.29 is 9.59 Å². The van der Waals surface area contributed by atoms with Gasteiger partial charge in [-0.15, -0.1) is 0 Å². The smallest absolute Gasteiger partial charge is 0.247 e. The largest absolute Gasteiger partial charge is 0.361 e. The maximum atomic E-state index is 13.9. The van der Waals surface area contributed by atoms with E-state index in [2.05, 4.69) is 40.2 Å². The number of hydrogen-bond acceptors (Lipinski definition) is 4. The highest BCUT2D eigenvalue weighted by Crippen LogP contribution is 2.23. The molecule has 1 aliphatic rings. The molecule has 1 aliphatic heterocycles. The van der Waals surface area contributed by atoms with Gasteiger partial charge in [-0.05, 0) is 22.8 Å². The molecule has 196 valence electrons. The number of H-pyrrole nitrogens is 1. The average Bonchev–Trinajstić information content (AvgIpc) is 3.37. The van der Waals surface area contributed by atoms with Crippen LogP contribution in [-0.2, 0) is 29.1 Å². The van der Waals surface area contributed by atoms with E-state index in [-0.39, 0.29) is 5.91 Å². The van der Waals surface area contributed by atoms with Crippen molar-refractivity contribution >= 4 is 23.2 Å². The van der Waals surface area contributed by atoms with Gasteiger partial charge in [0.1, 0.15) is 6.04 Å². The SMILES string of the molecule is CN(Cc1ccccc1)C(=O)[C@H](Cc1c[nH]c2ccccc12)N(C=O)N1CCN(Cc2ccccc2)CC1. The number of benzene rings is 3. The van der Waals surface area contributed by atoms with Crippen LogP contribution in [0.1, 0.15) is 16.7 Å². The molecular weight excluding hydrogens is 474 g/mol. The molecule has 0 aliphatic carbocycles. The fourth-order valence-electron chi connectivity index (χ4n) is 5.30. The van der Waals surface area contributed by atoms with Crippen molar-refractivity contribution in [2.75, 3.05) is 33.2 Å². The number of carbonyl (C=O) groups excluding carboxylic acids is 2. The molecule has 1 aromatic heterocycles. The minimum atomic E-state index is -0.638. The molecule has 5 rings (SSSR count). The van der Waals surface area contributed by atoms with Gasteiger partial charge in [-0.2, -0.15) is 0 Å². The lowest BCUT2D eigenvalue weighted by molar-refractivity contribution is -0.159. The number of fused-ring (bicyclic) bond motifs is 1. The van der Waals surface area contributed by atoms with E-state index in [0.29, 0.717) is 26.1 Å². The van der Waals surface area contributed by atoms with Crippen molar-refractivity contribution in [2.45, 2.75) is 25.6 Å². The summed E-state index contributed by atoms with van der Waals surface area (Å²) in [5.74, 6) is -0.0713. The first-order valence-electron chi connectivity index (χ1n) is 13.2. The van der Waals surface area contributed by atoms with Gasteiger partial charge in [0.25, 0.3) is 0 Å². The number of likely N-dealkylation sites (N-methyl/N-ethyl adjacent to an activating group) is 1. The molecule has 0 saturated carbocycles. The molecule has 1 saturated heterocycles. The maximum absolute atomic E-state index is 13.9. The van der Waals surface area contributed by atoms with Crippen LogP contribution in [0.15, 0.2) is 91.1 Å². The quantitative estimate of drug-likeness (QED) is 0.329. The third-order valence-electron chi connectivity index (χ3n) is 7.36. The summed E-state index contributed by atoms with van der Waals surface area (Å²) in [7, 11) is 1.82. The second-order valence-electron chi connectivity index (χ2n) is 9.96. The highest BCUT2D eigenvalue weighted by Gasteiger charge is 2.34. The second-order valence-corrected chi connectivity index (χ2v) is 9.96. The summed E-state index contributed by atoms with van der Waals surface area (Å²) in [4.78, 5) is 34.0. The molecule has 2 amide bonds. The van der Waals surface area contributed by atoms with Gasteiger partial charge in [0.15, 0.2) is 0 Å². The predicted octanol–water partition coefficient (Wildman–Crippen LogP) is 3.93. The van der Waals surface area contributed by atoms with Crippen molar-refractivity contribution in [2.24, 2.45) is 0 Å². The molecular formula is C31H35N5O2. The first-order valence-corrected chi connectivity index (χ1v) is 13.2. The highest BCUT2D eigenvalue weighted by atomic mass is 16.2. The van der Waals surface area contributed by atoms with Crippen LogP contribution in [-0.4, -0.2) is 76.4 Å². The number of aromatic nitrogens is 1. The Morgan fingerprint density at radius 2 is 1.53 bits per heavy atom. The van der Waals surface area contributed by atoms with Crippen LogP contribution in [0.25, 0.3) is 10.9 Å². The van der Waals surface area contributed by atoms with Crippen molar-refractivity contribution in [3.63, 3.8) is 0 Å². The summed E-state index contributed by atoms with van der Waals surface area (Å²) in [6.07, 6.45) is 3.23. The number of piperazine rings is 1. The van der Waals surface area contributed by atoms with Crippen LogP contribution in [0, 0.1) is 0 Å². The molecule has 1 fully saturated rings. The zero-order chi connectivity index (χ0) is 26.3. The summed E-state index contributed by atoms with van der Waals surface area (Å²) in [6, 6.07) is 27.8. The first kappa shape index (κ1) is 25.7. The highest BCUT2D eigenvalue weighted by molar-refractivity contribution is 5.87. The molecule has 3 aromatic carbocycles. The van der Waals surface area contributed by atoms with Gasteiger partial charge in [0.2, 0.25) is 12.3 Å². The van der Waals surface area contributed by atoms with Gasteiger partial charge in [0.05, 0.1) is 0 Å². The number of hydrazine groups is 1. The molecule has 1 N–H and O–H groups in total. The Kier molecular flexibility index (Phi) is 8.16. The zero-order valence-electron chi connectivity index (χ0n) is 21.9. The van der Waals surface area contributed by atoms with E-state index in [0.717, 1.165) is 48.1 Å². The van der Waals surface area contributed by atoms with E-state index in [1.807, 2.05) is 72.9 Å². The molecule has 0 bridgehead atoms. The summed E-state index contributed by atoms with van der Waals surface area (Å²) in [5, 5.41) is 4.77. The van der Waals surface area contributed by atoms with Gasteiger partial charge in [-0.3, -0.25) is 19.5 Å². The molecule has 7 nitrogen and oxygen atoms in total. The Balaban J connectivity index is 1.34. The van der Waals surface area contributed by atoms with E-state index >= 15 is 0 Å². The lowest BCUT2D eigenvalue weighted by atomic mass is 10.0. The maximum Gasteiger partial charge on any atom is 0.247 e. The third kappa shape index (κ3) is 5.96. The molecule has 2 heterocycles. The summed E-state index contributed by atoms with van der Waals surface area (Å²) in [5.41, 5.74) is 4.39. The van der Waals surface area contributed by atoms with Gasteiger partial charge in [-0.1, -0.05) is 78.9 Å². The Morgan fingerprint density at radius 3 is 2.21 bits per heavy atom. The number of hydrogen-bond donors (Lipinski definition) is 1.